The summed E-state index contributed by atoms with van der Waals surface area (Å²) < 4.78 is 5.58. The first kappa shape index (κ1) is 20.4. The van der Waals surface area contributed by atoms with Gasteiger partial charge >= 0.3 is 5.97 Å². The van der Waals surface area contributed by atoms with E-state index < -0.39 is 23.4 Å². The normalized spacial score (nSPS) is 17.7. The molecule has 3 rings (SSSR count). The second-order valence-electron chi connectivity index (χ2n) is 7.04. The van der Waals surface area contributed by atoms with Crippen molar-refractivity contribution in [1.82, 2.24) is 5.32 Å². The molecule has 0 radical (unpaired) electrons. The fourth-order valence-electron chi connectivity index (χ4n) is 3.51. The minimum Gasteiger partial charge on any atom is -0.481 e. The van der Waals surface area contributed by atoms with Crippen molar-refractivity contribution < 1.29 is 24.2 Å². The summed E-state index contributed by atoms with van der Waals surface area (Å²) >= 11 is 0. The maximum absolute atomic E-state index is 12.7. The zero-order chi connectivity index (χ0) is 21.0. The zero-order valence-electron chi connectivity index (χ0n) is 16.4. The Morgan fingerprint density at radius 1 is 1.14 bits per heavy atom. The second kappa shape index (κ2) is 8.34. The number of carbonyl (C=O) groups is 3. The number of carboxylic acids is 1. The van der Waals surface area contributed by atoms with Gasteiger partial charge in [-0.25, -0.2) is 0 Å². The first-order valence-corrected chi connectivity index (χ1v) is 9.51. The highest BCUT2D eigenvalue weighted by Gasteiger charge is 2.39. The van der Waals surface area contributed by atoms with Crippen molar-refractivity contribution in [3.63, 3.8) is 0 Å². The molecule has 0 spiro atoms. The highest BCUT2D eigenvalue weighted by atomic mass is 16.5. The fourth-order valence-corrected chi connectivity index (χ4v) is 3.51. The minimum atomic E-state index is -1.24. The first-order valence-electron chi connectivity index (χ1n) is 9.51. The topological polar surface area (TPSA) is 95.9 Å². The van der Waals surface area contributed by atoms with E-state index in [-0.39, 0.29) is 19.0 Å². The number of para-hydroxylation sites is 2. The van der Waals surface area contributed by atoms with Crippen molar-refractivity contribution in [2.75, 3.05) is 18.0 Å². The van der Waals surface area contributed by atoms with E-state index in [1.165, 1.54) is 4.90 Å². The average Bonchev–Trinajstić information content (AvgIpc) is 2.72. The van der Waals surface area contributed by atoms with Gasteiger partial charge in [-0.15, -0.1) is 0 Å². The number of carboxylic acid groups (broad SMARTS) is 1. The molecule has 7 nitrogen and oxygen atoms in total. The SMILES string of the molecule is CCC(CNC(=O)CN1C(=O)C(C)Oc2ccccc21)(C(=O)O)c1ccccc1. The van der Waals surface area contributed by atoms with Gasteiger partial charge in [0.15, 0.2) is 6.10 Å². The van der Waals surface area contributed by atoms with Crippen LogP contribution in [0, 0.1) is 0 Å². The predicted octanol–water partition coefficient (Wildman–Crippen LogP) is 2.35. The van der Waals surface area contributed by atoms with Crippen LogP contribution in [0.5, 0.6) is 5.75 Å². The fraction of sp³-hybridized carbons (Fsp3) is 0.318. The van der Waals surface area contributed by atoms with Gasteiger partial charge in [-0.3, -0.25) is 19.3 Å². The van der Waals surface area contributed by atoms with E-state index in [1.54, 1.807) is 62.4 Å². The highest BCUT2D eigenvalue weighted by molar-refractivity contribution is 6.03. The maximum atomic E-state index is 12.7. The molecule has 2 aromatic carbocycles. The van der Waals surface area contributed by atoms with Gasteiger partial charge < -0.3 is 15.2 Å². The van der Waals surface area contributed by atoms with Crippen molar-refractivity contribution in [1.29, 1.82) is 0 Å². The van der Waals surface area contributed by atoms with Gasteiger partial charge in [-0.2, -0.15) is 0 Å². The van der Waals surface area contributed by atoms with Crippen LogP contribution in [0.2, 0.25) is 0 Å². The number of aliphatic carboxylic acids is 1. The summed E-state index contributed by atoms with van der Waals surface area (Å²) in [4.78, 5) is 38.6. The van der Waals surface area contributed by atoms with Crippen molar-refractivity contribution >= 4 is 23.5 Å². The van der Waals surface area contributed by atoms with Crippen molar-refractivity contribution in [3.05, 3.63) is 60.2 Å². The highest BCUT2D eigenvalue weighted by Crippen LogP contribution is 2.33. The summed E-state index contributed by atoms with van der Waals surface area (Å²) in [5, 5.41) is 12.6. The Morgan fingerprint density at radius 2 is 1.79 bits per heavy atom. The third-order valence-corrected chi connectivity index (χ3v) is 5.30. The van der Waals surface area contributed by atoms with Crippen molar-refractivity contribution in [2.24, 2.45) is 0 Å². The van der Waals surface area contributed by atoms with Crippen molar-refractivity contribution in [2.45, 2.75) is 31.8 Å². The van der Waals surface area contributed by atoms with Gasteiger partial charge in [0, 0.05) is 6.54 Å². The molecule has 1 heterocycles. The Balaban J connectivity index is 1.77. The molecule has 0 aliphatic carbocycles. The molecule has 2 unspecified atom stereocenters. The van der Waals surface area contributed by atoms with E-state index in [1.807, 2.05) is 6.07 Å². The summed E-state index contributed by atoms with van der Waals surface area (Å²) in [5.74, 6) is -1.22. The molecule has 0 bridgehead atoms. The zero-order valence-corrected chi connectivity index (χ0v) is 16.4. The molecule has 0 aromatic heterocycles. The Labute approximate surface area is 169 Å². The smallest absolute Gasteiger partial charge is 0.315 e. The summed E-state index contributed by atoms with van der Waals surface area (Å²) in [5.41, 5.74) is -0.0950. The number of amides is 2. The lowest BCUT2D eigenvalue weighted by Crippen LogP contribution is -2.51. The molecular weight excluding hydrogens is 372 g/mol. The molecule has 2 aromatic rings. The molecule has 0 saturated heterocycles. The Morgan fingerprint density at radius 3 is 2.45 bits per heavy atom. The molecule has 152 valence electrons. The molecular formula is C22H24N2O5. The number of fused-ring (bicyclic) bond motifs is 1. The number of rotatable bonds is 7. The summed E-state index contributed by atoms with van der Waals surface area (Å²) in [6.07, 6.45) is -0.390. The van der Waals surface area contributed by atoms with Gasteiger partial charge in [0.05, 0.1) is 5.69 Å². The molecule has 29 heavy (non-hydrogen) atoms. The lowest BCUT2D eigenvalue weighted by molar-refractivity contribution is -0.144. The van der Waals surface area contributed by atoms with E-state index in [0.717, 1.165) is 0 Å². The Kier molecular flexibility index (Phi) is 5.87. The largest absolute Gasteiger partial charge is 0.481 e. The molecule has 2 amide bonds. The van der Waals surface area contributed by atoms with E-state index >= 15 is 0 Å². The standard InChI is InChI=1S/C22H24N2O5/c1-3-22(21(27)28,16-9-5-4-6-10-16)14-23-19(25)13-24-17-11-7-8-12-18(17)29-15(2)20(24)26/h4-12,15H,3,13-14H2,1-2H3,(H,23,25)(H,27,28). The van der Waals surface area contributed by atoms with Crippen LogP contribution in [-0.2, 0) is 19.8 Å². The maximum Gasteiger partial charge on any atom is 0.315 e. The molecule has 2 N–H and O–H groups in total. The molecule has 1 aliphatic heterocycles. The van der Waals surface area contributed by atoms with Crippen LogP contribution in [-0.4, -0.2) is 42.1 Å². The van der Waals surface area contributed by atoms with Crippen LogP contribution in [0.15, 0.2) is 54.6 Å². The quantitative estimate of drug-likeness (QED) is 0.749. The van der Waals surface area contributed by atoms with Gasteiger partial charge in [-0.05, 0) is 31.0 Å². The van der Waals surface area contributed by atoms with Gasteiger partial charge in [0.1, 0.15) is 17.7 Å². The van der Waals surface area contributed by atoms with Crippen LogP contribution in [0.4, 0.5) is 5.69 Å². The summed E-state index contributed by atoms with van der Waals surface area (Å²) in [6.45, 7) is 3.12. The van der Waals surface area contributed by atoms with Crippen LogP contribution in [0.1, 0.15) is 25.8 Å². The molecule has 1 aliphatic rings. The minimum absolute atomic E-state index is 0.0720. The lowest BCUT2D eigenvalue weighted by atomic mass is 9.78. The predicted molar refractivity (Wildman–Crippen MR) is 108 cm³/mol. The average molecular weight is 396 g/mol. The first-order chi connectivity index (χ1) is 13.9. The van der Waals surface area contributed by atoms with Gasteiger partial charge in [0.2, 0.25) is 5.91 Å². The number of nitrogens with zero attached hydrogens (tertiary/aromatic N) is 1. The molecule has 0 saturated carbocycles. The van der Waals surface area contributed by atoms with Gasteiger partial charge in [0.25, 0.3) is 5.91 Å². The lowest BCUT2D eigenvalue weighted by Gasteiger charge is -2.33. The van der Waals surface area contributed by atoms with Crippen LogP contribution in [0.3, 0.4) is 0 Å². The summed E-state index contributed by atoms with van der Waals surface area (Å²) in [7, 11) is 0. The molecule has 7 heteroatoms. The van der Waals surface area contributed by atoms with E-state index in [9.17, 15) is 19.5 Å². The Hall–Kier alpha value is -3.35. The molecule has 2 atom stereocenters. The number of anilines is 1. The van der Waals surface area contributed by atoms with E-state index in [2.05, 4.69) is 5.32 Å². The van der Waals surface area contributed by atoms with E-state index in [0.29, 0.717) is 23.4 Å². The number of benzene rings is 2. The second-order valence-corrected chi connectivity index (χ2v) is 7.04. The van der Waals surface area contributed by atoms with Crippen LogP contribution < -0.4 is 15.0 Å². The molecule has 0 fully saturated rings. The van der Waals surface area contributed by atoms with Crippen molar-refractivity contribution in [3.8, 4) is 5.75 Å². The number of nitrogens with one attached hydrogen (secondary N) is 1. The number of ether oxygens (including phenoxy) is 1. The number of hydrogen-bond acceptors (Lipinski definition) is 4. The Bertz CT molecular complexity index is 914. The third kappa shape index (κ3) is 3.94. The summed E-state index contributed by atoms with van der Waals surface area (Å²) in [6, 6.07) is 15.9. The monoisotopic (exact) mass is 396 g/mol. The van der Waals surface area contributed by atoms with Crippen LogP contribution in [0.25, 0.3) is 0 Å². The number of hydrogen-bond donors (Lipinski definition) is 2. The van der Waals surface area contributed by atoms with Crippen LogP contribution >= 0.6 is 0 Å². The third-order valence-electron chi connectivity index (χ3n) is 5.30. The van der Waals surface area contributed by atoms with Gasteiger partial charge in [-0.1, -0.05) is 49.4 Å². The number of carbonyl (C=O) groups excluding carboxylic acids is 2. The van der Waals surface area contributed by atoms with E-state index in [4.69, 9.17) is 4.74 Å².